The van der Waals surface area contributed by atoms with Crippen LogP contribution in [-0.2, 0) is 4.79 Å². The minimum atomic E-state index is 0.0120. The van der Waals surface area contributed by atoms with E-state index in [1.807, 2.05) is 6.92 Å². The molecule has 2 heterocycles. The highest BCUT2D eigenvalue weighted by Gasteiger charge is 2.24. The first-order valence-corrected chi connectivity index (χ1v) is 6.97. The molecule has 0 aromatic heterocycles. The van der Waals surface area contributed by atoms with Crippen molar-refractivity contribution < 1.29 is 4.79 Å². The third-order valence-electron chi connectivity index (χ3n) is 3.40. The topological polar surface area (TPSA) is 41.1 Å². The van der Waals surface area contributed by atoms with Gasteiger partial charge in [0.05, 0.1) is 10.9 Å². The van der Waals surface area contributed by atoms with Gasteiger partial charge >= 0.3 is 0 Å². The molecule has 2 N–H and O–H groups in total. The number of hydrogen-bond donors (Lipinski definition) is 2. The Morgan fingerprint density at radius 2 is 2.29 bits per heavy atom. The van der Waals surface area contributed by atoms with Gasteiger partial charge in [-0.1, -0.05) is 6.07 Å². The summed E-state index contributed by atoms with van der Waals surface area (Å²) < 4.78 is 0. The monoisotopic (exact) mass is 248 g/mol. The smallest absolute Gasteiger partial charge is 0.237 e. The zero-order valence-electron chi connectivity index (χ0n) is 9.82. The second-order valence-corrected chi connectivity index (χ2v) is 6.04. The number of carbonyl (C=O) groups is 1. The Morgan fingerprint density at radius 1 is 1.41 bits per heavy atom. The molecule has 3 nitrogen and oxygen atoms in total. The van der Waals surface area contributed by atoms with Crippen molar-refractivity contribution in [2.45, 2.75) is 36.0 Å². The van der Waals surface area contributed by atoms with Crippen LogP contribution in [0.4, 0.5) is 5.69 Å². The fourth-order valence-electron chi connectivity index (χ4n) is 2.41. The fourth-order valence-corrected chi connectivity index (χ4v) is 3.34. The van der Waals surface area contributed by atoms with Crippen LogP contribution in [0.1, 0.15) is 31.4 Å². The van der Waals surface area contributed by atoms with Gasteiger partial charge in [0.25, 0.3) is 0 Å². The molecule has 0 spiro atoms. The largest absolute Gasteiger partial charge is 0.324 e. The molecule has 1 amide bonds. The SMILES string of the molecule is CC1Sc2ccc(C3CCCN3)cc2NC1=O. The molecule has 17 heavy (non-hydrogen) atoms. The Balaban J connectivity index is 1.90. The highest BCUT2D eigenvalue weighted by molar-refractivity contribution is 8.00. The van der Waals surface area contributed by atoms with Gasteiger partial charge in [-0.25, -0.2) is 0 Å². The van der Waals surface area contributed by atoms with E-state index in [4.69, 9.17) is 0 Å². The van der Waals surface area contributed by atoms with E-state index in [2.05, 4.69) is 28.8 Å². The summed E-state index contributed by atoms with van der Waals surface area (Å²) in [6, 6.07) is 6.89. The Bertz CT molecular complexity index is 455. The van der Waals surface area contributed by atoms with Gasteiger partial charge in [0.1, 0.15) is 0 Å². The van der Waals surface area contributed by atoms with Gasteiger partial charge in [0.2, 0.25) is 5.91 Å². The van der Waals surface area contributed by atoms with E-state index in [1.165, 1.54) is 23.3 Å². The van der Waals surface area contributed by atoms with E-state index < -0.39 is 0 Å². The lowest BCUT2D eigenvalue weighted by atomic mass is 10.0. The van der Waals surface area contributed by atoms with Crippen LogP contribution in [0.3, 0.4) is 0 Å². The van der Waals surface area contributed by atoms with Crippen LogP contribution >= 0.6 is 11.8 Å². The van der Waals surface area contributed by atoms with Crippen LogP contribution in [0.5, 0.6) is 0 Å². The lowest BCUT2D eigenvalue weighted by molar-refractivity contribution is -0.115. The maximum atomic E-state index is 11.6. The molecule has 1 aromatic carbocycles. The van der Waals surface area contributed by atoms with Crippen molar-refractivity contribution in [3.63, 3.8) is 0 Å². The third kappa shape index (κ3) is 2.07. The number of benzene rings is 1. The quantitative estimate of drug-likeness (QED) is 0.802. The minimum Gasteiger partial charge on any atom is -0.324 e. The molecule has 0 radical (unpaired) electrons. The average Bonchev–Trinajstić information content (AvgIpc) is 2.83. The Labute approximate surface area is 105 Å². The maximum absolute atomic E-state index is 11.6. The summed E-state index contributed by atoms with van der Waals surface area (Å²) in [7, 11) is 0. The van der Waals surface area contributed by atoms with Crippen molar-refractivity contribution in [1.82, 2.24) is 5.32 Å². The summed E-state index contributed by atoms with van der Waals surface area (Å²) in [5.74, 6) is 0.110. The number of anilines is 1. The standard InChI is InChI=1S/C13H16N2OS/c1-8-13(16)15-11-7-9(4-5-12(11)17-8)10-3-2-6-14-10/h4-5,7-8,10,14H,2-3,6H2,1H3,(H,15,16). The number of amides is 1. The van der Waals surface area contributed by atoms with Crippen molar-refractivity contribution >= 4 is 23.4 Å². The average molecular weight is 248 g/mol. The van der Waals surface area contributed by atoms with Crippen molar-refractivity contribution in [1.29, 1.82) is 0 Å². The molecule has 3 rings (SSSR count). The molecule has 0 bridgehead atoms. The molecule has 2 unspecified atom stereocenters. The molecule has 1 saturated heterocycles. The summed E-state index contributed by atoms with van der Waals surface area (Å²) in [4.78, 5) is 12.8. The van der Waals surface area contributed by atoms with Gasteiger partial charge in [-0.15, -0.1) is 11.8 Å². The van der Waals surface area contributed by atoms with Crippen molar-refractivity contribution in [2.75, 3.05) is 11.9 Å². The molecule has 4 heteroatoms. The Hall–Kier alpha value is -1.00. The molecule has 2 atom stereocenters. The molecule has 1 aromatic rings. The number of carbonyl (C=O) groups excluding carboxylic acids is 1. The zero-order chi connectivity index (χ0) is 11.8. The minimum absolute atomic E-state index is 0.0120. The molecule has 0 aliphatic carbocycles. The fraction of sp³-hybridized carbons (Fsp3) is 0.462. The number of rotatable bonds is 1. The van der Waals surface area contributed by atoms with E-state index in [1.54, 1.807) is 11.8 Å². The summed E-state index contributed by atoms with van der Waals surface area (Å²) in [5, 5.41) is 6.48. The summed E-state index contributed by atoms with van der Waals surface area (Å²) >= 11 is 1.64. The van der Waals surface area contributed by atoms with Crippen molar-refractivity contribution in [3.8, 4) is 0 Å². The Kier molecular flexibility index (Phi) is 2.84. The highest BCUT2D eigenvalue weighted by Crippen LogP contribution is 2.37. The molecule has 2 aliphatic rings. The first kappa shape index (κ1) is 11.1. The van der Waals surface area contributed by atoms with Gasteiger partial charge < -0.3 is 10.6 Å². The molecular weight excluding hydrogens is 232 g/mol. The van der Waals surface area contributed by atoms with Crippen molar-refractivity contribution in [2.24, 2.45) is 0 Å². The number of thioether (sulfide) groups is 1. The van der Waals surface area contributed by atoms with Gasteiger partial charge in [-0.3, -0.25) is 4.79 Å². The van der Waals surface area contributed by atoms with E-state index in [0.29, 0.717) is 6.04 Å². The van der Waals surface area contributed by atoms with E-state index in [0.717, 1.165) is 12.2 Å². The lowest BCUT2D eigenvalue weighted by Gasteiger charge is -2.23. The van der Waals surface area contributed by atoms with Crippen LogP contribution in [0.25, 0.3) is 0 Å². The predicted octanol–water partition coefficient (Wildman–Crippen LogP) is 2.54. The summed E-state index contributed by atoms with van der Waals surface area (Å²) in [6.45, 7) is 3.04. The molecule has 2 aliphatic heterocycles. The first-order chi connectivity index (χ1) is 8.24. The van der Waals surface area contributed by atoms with E-state index >= 15 is 0 Å². The zero-order valence-corrected chi connectivity index (χ0v) is 10.6. The second-order valence-electron chi connectivity index (χ2n) is 4.65. The number of nitrogens with one attached hydrogen (secondary N) is 2. The summed E-state index contributed by atoms with van der Waals surface area (Å²) in [5.41, 5.74) is 2.26. The normalized spacial score (nSPS) is 27.7. The maximum Gasteiger partial charge on any atom is 0.237 e. The Morgan fingerprint density at radius 3 is 3.06 bits per heavy atom. The van der Waals surface area contributed by atoms with E-state index in [9.17, 15) is 4.79 Å². The first-order valence-electron chi connectivity index (χ1n) is 6.09. The third-order valence-corrected chi connectivity index (χ3v) is 4.57. The van der Waals surface area contributed by atoms with Gasteiger partial charge in [-0.2, -0.15) is 0 Å². The highest BCUT2D eigenvalue weighted by atomic mass is 32.2. The van der Waals surface area contributed by atoms with Gasteiger partial charge in [-0.05, 0) is 44.0 Å². The summed E-state index contributed by atoms with van der Waals surface area (Å²) in [6.07, 6.45) is 2.43. The van der Waals surface area contributed by atoms with E-state index in [-0.39, 0.29) is 11.2 Å². The van der Waals surface area contributed by atoms with Crippen LogP contribution in [0.15, 0.2) is 23.1 Å². The number of fused-ring (bicyclic) bond motifs is 1. The van der Waals surface area contributed by atoms with Gasteiger partial charge in [0.15, 0.2) is 0 Å². The molecule has 1 fully saturated rings. The molecule has 0 saturated carbocycles. The lowest BCUT2D eigenvalue weighted by Crippen LogP contribution is -2.26. The number of hydrogen-bond acceptors (Lipinski definition) is 3. The van der Waals surface area contributed by atoms with Crippen LogP contribution in [-0.4, -0.2) is 17.7 Å². The van der Waals surface area contributed by atoms with Crippen LogP contribution < -0.4 is 10.6 Å². The van der Waals surface area contributed by atoms with Gasteiger partial charge in [0, 0.05) is 10.9 Å². The van der Waals surface area contributed by atoms with Crippen LogP contribution in [0, 0.1) is 0 Å². The van der Waals surface area contributed by atoms with Crippen molar-refractivity contribution in [3.05, 3.63) is 23.8 Å². The van der Waals surface area contributed by atoms with Crippen LogP contribution in [0.2, 0.25) is 0 Å². The second kappa shape index (κ2) is 4.35. The molecule has 90 valence electrons. The predicted molar refractivity (Wildman–Crippen MR) is 70.4 cm³/mol. The molecular formula is C13H16N2OS.